The third-order valence-corrected chi connectivity index (χ3v) is 5.26. The van der Waals surface area contributed by atoms with Gasteiger partial charge in [0.05, 0.1) is 21.3 Å². The summed E-state index contributed by atoms with van der Waals surface area (Å²) in [7, 11) is 5.36. The van der Waals surface area contributed by atoms with Gasteiger partial charge in [0.25, 0.3) is 5.91 Å². The summed E-state index contributed by atoms with van der Waals surface area (Å²) >= 11 is 0. The number of amides is 1. The fraction of sp³-hybridized carbons (Fsp3) is 0.435. The molecule has 0 saturated carbocycles. The van der Waals surface area contributed by atoms with E-state index in [1.807, 2.05) is 61.2 Å². The van der Waals surface area contributed by atoms with Crippen molar-refractivity contribution in [3.63, 3.8) is 0 Å². The minimum atomic E-state index is -0.256. The molecule has 0 aliphatic rings. The van der Waals surface area contributed by atoms with Crippen molar-refractivity contribution < 1.29 is 19.2 Å². The molecule has 2 aromatic rings. The highest BCUT2D eigenvalue weighted by Crippen LogP contribution is 2.30. The molecule has 0 spiro atoms. The van der Waals surface area contributed by atoms with E-state index in [-0.39, 0.29) is 11.9 Å². The van der Waals surface area contributed by atoms with E-state index in [0.717, 1.165) is 27.3 Å². The summed E-state index contributed by atoms with van der Waals surface area (Å²) in [6.07, 6.45) is 0. The van der Waals surface area contributed by atoms with Crippen molar-refractivity contribution in [3.05, 3.63) is 59.2 Å². The molecule has 0 fully saturated rings. The maximum absolute atomic E-state index is 13.3. The van der Waals surface area contributed by atoms with Gasteiger partial charge in [-0.25, -0.2) is 0 Å². The third-order valence-electron chi connectivity index (χ3n) is 5.26. The molecule has 0 aliphatic carbocycles. The quantitative estimate of drug-likeness (QED) is 0.722. The van der Waals surface area contributed by atoms with E-state index in [2.05, 4.69) is 14.0 Å². The Kier molecular flexibility index (Phi) is 7.88. The molecule has 0 aromatic heterocycles. The molecular formula is C23H33N2O3+. The number of carbonyl (C=O) groups is 1. The van der Waals surface area contributed by atoms with E-state index in [1.165, 1.54) is 0 Å². The highest BCUT2D eigenvalue weighted by molar-refractivity contribution is 5.82. The number of quaternary nitrogens is 1. The predicted molar refractivity (Wildman–Crippen MR) is 112 cm³/mol. The highest BCUT2D eigenvalue weighted by atomic mass is 16.5. The Labute approximate surface area is 168 Å². The van der Waals surface area contributed by atoms with E-state index in [1.54, 1.807) is 14.2 Å². The summed E-state index contributed by atoms with van der Waals surface area (Å²) in [5.74, 6) is 1.59. The van der Waals surface area contributed by atoms with E-state index >= 15 is 0 Å². The number of hydrogen-bond donors (Lipinski definition) is 1. The van der Waals surface area contributed by atoms with Crippen LogP contribution in [-0.4, -0.2) is 45.2 Å². The van der Waals surface area contributed by atoms with Crippen LogP contribution in [0.2, 0.25) is 0 Å². The number of benzene rings is 2. The summed E-state index contributed by atoms with van der Waals surface area (Å²) in [4.78, 5) is 16.3. The number of ether oxygens (including phenoxy) is 2. The summed E-state index contributed by atoms with van der Waals surface area (Å²) in [6.45, 7) is 8.24. The van der Waals surface area contributed by atoms with Gasteiger partial charge in [-0.2, -0.15) is 0 Å². The summed E-state index contributed by atoms with van der Waals surface area (Å²) < 4.78 is 10.9. The lowest BCUT2D eigenvalue weighted by Crippen LogP contribution is -3.09. The molecule has 1 N–H and O–H groups in total. The van der Waals surface area contributed by atoms with Gasteiger partial charge in [-0.05, 0) is 38.5 Å². The van der Waals surface area contributed by atoms with E-state index in [4.69, 9.17) is 9.47 Å². The van der Waals surface area contributed by atoms with Gasteiger partial charge < -0.3 is 19.3 Å². The van der Waals surface area contributed by atoms with Crippen molar-refractivity contribution in [3.8, 4) is 11.5 Å². The van der Waals surface area contributed by atoms with Crippen molar-refractivity contribution in [2.45, 2.75) is 33.4 Å². The first kappa shape index (κ1) is 21.8. The molecule has 152 valence electrons. The topological polar surface area (TPSA) is 43.2 Å². The average molecular weight is 386 g/mol. The van der Waals surface area contributed by atoms with Crippen LogP contribution in [0.15, 0.2) is 42.5 Å². The van der Waals surface area contributed by atoms with Crippen molar-refractivity contribution in [2.75, 3.05) is 34.4 Å². The van der Waals surface area contributed by atoms with Gasteiger partial charge in [0.15, 0.2) is 17.5 Å². The smallest absolute Gasteiger partial charge is 0.285 e. The molecule has 2 atom stereocenters. The molecule has 0 saturated heterocycles. The predicted octanol–water partition coefficient (Wildman–Crippen LogP) is 2.64. The van der Waals surface area contributed by atoms with E-state index in [9.17, 15) is 4.79 Å². The Bertz CT molecular complexity index is 773. The van der Waals surface area contributed by atoms with Crippen molar-refractivity contribution in [1.82, 2.24) is 4.90 Å². The molecule has 28 heavy (non-hydrogen) atoms. The highest BCUT2D eigenvalue weighted by Gasteiger charge is 2.32. The number of rotatable bonds is 9. The van der Waals surface area contributed by atoms with Gasteiger partial charge in [0.1, 0.15) is 6.54 Å². The summed E-state index contributed by atoms with van der Waals surface area (Å²) in [5, 5.41) is 0. The third kappa shape index (κ3) is 4.84. The Morgan fingerprint density at radius 1 is 1.04 bits per heavy atom. The molecule has 0 radical (unpaired) electrons. The van der Waals surface area contributed by atoms with Gasteiger partial charge in [-0.3, -0.25) is 4.79 Å². The van der Waals surface area contributed by atoms with Crippen LogP contribution in [0.1, 0.15) is 36.6 Å². The molecule has 5 nitrogen and oxygen atoms in total. The summed E-state index contributed by atoms with van der Waals surface area (Å²) in [6, 6.07) is 13.8. The number of hydrogen-bond acceptors (Lipinski definition) is 3. The zero-order chi connectivity index (χ0) is 20.7. The van der Waals surface area contributed by atoms with Gasteiger partial charge in [0.2, 0.25) is 0 Å². The molecule has 0 bridgehead atoms. The number of nitrogens with one attached hydrogen (secondary N) is 1. The van der Waals surface area contributed by atoms with Crippen LogP contribution in [-0.2, 0) is 11.3 Å². The molecule has 1 unspecified atom stereocenters. The number of nitrogens with zero attached hydrogens (tertiary/aromatic N) is 1. The Morgan fingerprint density at radius 2 is 1.61 bits per heavy atom. The van der Waals surface area contributed by atoms with Gasteiger partial charge in [-0.15, -0.1) is 0 Å². The van der Waals surface area contributed by atoms with E-state index < -0.39 is 0 Å². The second-order valence-electron chi connectivity index (χ2n) is 7.01. The first-order valence-electron chi connectivity index (χ1n) is 9.84. The van der Waals surface area contributed by atoms with Gasteiger partial charge in [0, 0.05) is 24.2 Å². The monoisotopic (exact) mass is 385 g/mol. The second kappa shape index (κ2) is 10.1. The summed E-state index contributed by atoms with van der Waals surface area (Å²) in [5.41, 5.74) is 3.30. The molecule has 2 aromatic carbocycles. The first-order valence-corrected chi connectivity index (χ1v) is 9.84. The van der Waals surface area contributed by atoms with Crippen LogP contribution in [0.4, 0.5) is 0 Å². The van der Waals surface area contributed by atoms with Crippen LogP contribution in [0.3, 0.4) is 0 Å². The van der Waals surface area contributed by atoms with Crippen molar-refractivity contribution in [2.24, 2.45) is 0 Å². The van der Waals surface area contributed by atoms with E-state index in [0.29, 0.717) is 25.4 Å². The van der Waals surface area contributed by atoms with Crippen molar-refractivity contribution in [1.29, 1.82) is 0 Å². The molecule has 0 heterocycles. The Balaban J connectivity index is 2.38. The lowest BCUT2D eigenvalue weighted by atomic mass is 10.0. The number of methoxy groups -OCH3 is 2. The van der Waals surface area contributed by atoms with Crippen LogP contribution in [0.25, 0.3) is 0 Å². The standard InChI is InChI=1S/C23H32N2O3/c1-7-25(8-2)23(26)22(18-12-10-9-11-13-18)24(4)16-19-15-21(28-6)20(27-5)14-17(19)3/h9-15,22H,7-8,16H2,1-6H3/p+1/t22-/m0/s1. The Morgan fingerprint density at radius 3 is 2.14 bits per heavy atom. The maximum Gasteiger partial charge on any atom is 0.285 e. The number of carbonyl (C=O) groups excluding carboxylic acids is 1. The van der Waals surface area contributed by atoms with Crippen LogP contribution in [0, 0.1) is 6.92 Å². The maximum atomic E-state index is 13.3. The minimum Gasteiger partial charge on any atom is -0.493 e. The second-order valence-corrected chi connectivity index (χ2v) is 7.01. The minimum absolute atomic E-state index is 0.159. The largest absolute Gasteiger partial charge is 0.493 e. The Hall–Kier alpha value is -2.53. The number of likely N-dealkylation sites (N-methyl/N-ethyl adjacent to an activating group) is 2. The molecule has 0 aliphatic heterocycles. The first-order chi connectivity index (χ1) is 13.5. The van der Waals surface area contributed by atoms with Crippen LogP contribution in [0.5, 0.6) is 11.5 Å². The molecular weight excluding hydrogens is 352 g/mol. The van der Waals surface area contributed by atoms with Gasteiger partial charge >= 0.3 is 0 Å². The van der Waals surface area contributed by atoms with Crippen molar-refractivity contribution >= 4 is 5.91 Å². The SMILES string of the molecule is CCN(CC)C(=O)[C@H](c1ccccc1)[NH+](C)Cc1cc(OC)c(OC)cc1C. The van der Waals surface area contributed by atoms with Gasteiger partial charge in [-0.1, -0.05) is 30.3 Å². The fourth-order valence-electron chi connectivity index (χ4n) is 3.62. The van der Waals surface area contributed by atoms with Crippen LogP contribution < -0.4 is 14.4 Å². The lowest BCUT2D eigenvalue weighted by Gasteiger charge is -2.30. The average Bonchev–Trinajstić information content (AvgIpc) is 2.71. The molecule has 2 rings (SSSR count). The molecule has 5 heteroatoms. The fourth-order valence-corrected chi connectivity index (χ4v) is 3.62. The zero-order valence-electron chi connectivity index (χ0n) is 17.9. The zero-order valence-corrected chi connectivity index (χ0v) is 17.9. The van der Waals surface area contributed by atoms with Crippen LogP contribution >= 0.6 is 0 Å². The normalized spacial score (nSPS) is 12.9. The number of aryl methyl sites for hydroxylation is 1. The lowest BCUT2D eigenvalue weighted by molar-refractivity contribution is -0.916. The molecule has 1 amide bonds.